The monoisotopic (exact) mass is 352 g/mol. The van der Waals surface area contributed by atoms with E-state index in [4.69, 9.17) is 0 Å². The molecule has 21 heavy (non-hydrogen) atoms. The lowest BCUT2D eigenvalue weighted by atomic mass is 9.91. The van der Waals surface area contributed by atoms with Crippen LogP contribution in [0.1, 0.15) is 43.4 Å². The van der Waals surface area contributed by atoms with Crippen molar-refractivity contribution in [2.75, 3.05) is 0 Å². The molecule has 0 fully saturated rings. The summed E-state index contributed by atoms with van der Waals surface area (Å²) in [6.45, 7) is 4.98. The van der Waals surface area contributed by atoms with Crippen molar-refractivity contribution in [3.8, 4) is 0 Å². The maximum Gasteiger partial charge on any atom is 0.127 e. The highest BCUT2D eigenvalue weighted by atomic mass is 79.9. The quantitative estimate of drug-likeness (QED) is 0.629. The van der Waals surface area contributed by atoms with Gasteiger partial charge >= 0.3 is 0 Å². The molecule has 1 unspecified atom stereocenters. The first-order valence-electron chi connectivity index (χ1n) is 6.99. The Kier molecular flexibility index (Phi) is 4.82. The van der Waals surface area contributed by atoms with Gasteiger partial charge in [0, 0.05) is 16.8 Å². The highest BCUT2D eigenvalue weighted by Gasteiger charge is 2.18. The normalized spacial score (nSPS) is 13.2. The maximum atomic E-state index is 14.3. The van der Waals surface area contributed by atoms with Crippen LogP contribution in [0.15, 0.2) is 46.9 Å². The van der Waals surface area contributed by atoms with Crippen LogP contribution in [-0.4, -0.2) is 5.67 Å². The van der Waals surface area contributed by atoms with Gasteiger partial charge in [0.2, 0.25) is 0 Å². The van der Waals surface area contributed by atoms with Crippen molar-refractivity contribution in [2.24, 2.45) is 0 Å². The fourth-order valence-electron chi connectivity index (χ4n) is 2.45. The van der Waals surface area contributed by atoms with Crippen LogP contribution in [0.3, 0.4) is 0 Å². The van der Waals surface area contributed by atoms with E-state index in [-0.39, 0.29) is 18.2 Å². The van der Waals surface area contributed by atoms with Gasteiger partial charge in [-0.2, -0.15) is 0 Å². The van der Waals surface area contributed by atoms with Crippen molar-refractivity contribution in [1.82, 2.24) is 0 Å². The van der Waals surface area contributed by atoms with Crippen LogP contribution in [0.2, 0.25) is 0 Å². The van der Waals surface area contributed by atoms with Gasteiger partial charge in [-0.25, -0.2) is 8.78 Å². The van der Waals surface area contributed by atoms with Gasteiger partial charge in [0.15, 0.2) is 0 Å². The van der Waals surface area contributed by atoms with Gasteiger partial charge < -0.3 is 0 Å². The number of hydrogen-bond donors (Lipinski definition) is 0. The lowest BCUT2D eigenvalue weighted by molar-refractivity contribution is 0.217. The minimum atomic E-state index is -1.33. The highest BCUT2D eigenvalue weighted by Crippen LogP contribution is 2.28. The zero-order chi connectivity index (χ0) is 15.6. The van der Waals surface area contributed by atoms with E-state index in [0.29, 0.717) is 11.1 Å². The summed E-state index contributed by atoms with van der Waals surface area (Å²) in [6, 6.07) is 12.9. The van der Waals surface area contributed by atoms with Crippen molar-refractivity contribution in [3.63, 3.8) is 0 Å². The van der Waals surface area contributed by atoms with E-state index in [2.05, 4.69) is 15.9 Å². The zero-order valence-electron chi connectivity index (χ0n) is 12.5. The molecule has 0 radical (unpaired) electrons. The number of rotatable bonds is 4. The lowest BCUT2D eigenvalue weighted by Crippen LogP contribution is -2.15. The van der Waals surface area contributed by atoms with Crippen LogP contribution in [0.5, 0.6) is 0 Å². The molecule has 2 rings (SSSR count). The van der Waals surface area contributed by atoms with Crippen molar-refractivity contribution >= 4 is 15.9 Å². The maximum absolute atomic E-state index is 14.3. The van der Waals surface area contributed by atoms with E-state index >= 15 is 0 Å². The first kappa shape index (κ1) is 16.2. The molecule has 0 heterocycles. The third kappa shape index (κ3) is 4.37. The molecular formula is C18H19BrF2. The van der Waals surface area contributed by atoms with E-state index in [1.54, 1.807) is 6.07 Å². The molecule has 0 aliphatic heterocycles. The van der Waals surface area contributed by atoms with E-state index < -0.39 is 5.67 Å². The summed E-state index contributed by atoms with van der Waals surface area (Å²) >= 11 is 3.39. The van der Waals surface area contributed by atoms with Crippen molar-refractivity contribution in [1.29, 1.82) is 0 Å². The first-order valence-corrected chi connectivity index (χ1v) is 7.78. The van der Waals surface area contributed by atoms with E-state index in [1.807, 2.05) is 37.3 Å². The molecule has 1 atom stereocenters. The van der Waals surface area contributed by atoms with Crippen LogP contribution in [0.25, 0.3) is 0 Å². The Morgan fingerprint density at radius 2 is 1.71 bits per heavy atom. The van der Waals surface area contributed by atoms with Gasteiger partial charge in [-0.3, -0.25) is 0 Å². The molecule has 3 heteroatoms. The Hall–Kier alpha value is -1.22. The van der Waals surface area contributed by atoms with Gasteiger partial charge in [-0.05, 0) is 48.7 Å². The standard InChI is InChI=1S/C18H19BrF2/c1-12(14-5-7-15(19)8-6-14)16-9-4-13(10-17(16)20)11-18(2,3)21/h4-10,12H,11H2,1-3H3. The van der Waals surface area contributed by atoms with Crippen molar-refractivity contribution in [3.05, 3.63) is 69.4 Å². The van der Waals surface area contributed by atoms with Gasteiger partial charge in [0.1, 0.15) is 11.5 Å². The SMILES string of the molecule is CC(c1ccc(Br)cc1)c1ccc(CC(C)(C)F)cc1F. The van der Waals surface area contributed by atoms with Gasteiger partial charge in [0.25, 0.3) is 0 Å². The molecule has 0 aromatic heterocycles. The molecule has 2 aromatic rings. The molecular weight excluding hydrogens is 334 g/mol. The van der Waals surface area contributed by atoms with E-state index in [9.17, 15) is 8.78 Å². The highest BCUT2D eigenvalue weighted by molar-refractivity contribution is 9.10. The molecule has 0 amide bonds. The molecule has 0 bridgehead atoms. The minimum absolute atomic E-state index is 0.0365. The Morgan fingerprint density at radius 3 is 2.24 bits per heavy atom. The Balaban J connectivity index is 2.26. The zero-order valence-corrected chi connectivity index (χ0v) is 14.0. The van der Waals surface area contributed by atoms with Crippen LogP contribution in [0.4, 0.5) is 8.78 Å². The Morgan fingerprint density at radius 1 is 1.10 bits per heavy atom. The van der Waals surface area contributed by atoms with Gasteiger partial charge in [-0.1, -0.05) is 47.1 Å². The second-order valence-corrected chi connectivity index (χ2v) is 6.94. The Labute approximate surface area is 133 Å². The fourth-order valence-corrected chi connectivity index (χ4v) is 2.71. The molecule has 0 aliphatic rings. The summed E-state index contributed by atoms with van der Waals surface area (Å²) in [4.78, 5) is 0. The van der Waals surface area contributed by atoms with Crippen molar-refractivity contribution < 1.29 is 8.78 Å². The summed E-state index contributed by atoms with van der Waals surface area (Å²) in [7, 11) is 0. The molecule has 0 aliphatic carbocycles. The third-order valence-corrected chi connectivity index (χ3v) is 4.05. The summed E-state index contributed by atoms with van der Waals surface area (Å²) < 4.78 is 28.9. The molecule has 0 nitrogen and oxygen atoms in total. The average Bonchev–Trinajstić information content (AvgIpc) is 2.37. The summed E-state index contributed by atoms with van der Waals surface area (Å²) in [5, 5.41) is 0. The predicted octanol–water partition coefficient (Wildman–Crippen LogP) is 6.03. The smallest absolute Gasteiger partial charge is 0.127 e. The topological polar surface area (TPSA) is 0 Å². The van der Waals surface area contributed by atoms with Gasteiger partial charge in [0.05, 0.1) is 0 Å². The van der Waals surface area contributed by atoms with E-state index in [1.165, 1.54) is 19.9 Å². The molecule has 0 spiro atoms. The molecule has 0 saturated heterocycles. The van der Waals surface area contributed by atoms with Crippen LogP contribution >= 0.6 is 15.9 Å². The van der Waals surface area contributed by atoms with E-state index in [0.717, 1.165) is 10.0 Å². The summed E-state index contributed by atoms with van der Waals surface area (Å²) in [5.41, 5.74) is 1.05. The Bertz CT molecular complexity index is 612. The second kappa shape index (κ2) is 6.27. The molecule has 112 valence electrons. The van der Waals surface area contributed by atoms with Crippen LogP contribution in [0, 0.1) is 5.82 Å². The fraction of sp³-hybridized carbons (Fsp3) is 0.333. The third-order valence-electron chi connectivity index (χ3n) is 3.53. The first-order chi connectivity index (χ1) is 9.76. The molecule has 0 saturated carbocycles. The number of halogens is 3. The minimum Gasteiger partial charge on any atom is -0.244 e. The summed E-state index contributed by atoms with van der Waals surface area (Å²) in [5.74, 6) is -0.308. The number of alkyl halides is 1. The molecule has 2 aromatic carbocycles. The van der Waals surface area contributed by atoms with Crippen molar-refractivity contribution in [2.45, 2.75) is 38.8 Å². The van der Waals surface area contributed by atoms with Crippen LogP contribution in [-0.2, 0) is 6.42 Å². The number of benzene rings is 2. The number of hydrogen-bond acceptors (Lipinski definition) is 0. The molecule has 0 N–H and O–H groups in total. The second-order valence-electron chi connectivity index (χ2n) is 6.02. The predicted molar refractivity (Wildman–Crippen MR) is 87.0 cm³/mol. The van der Waals surface area contributed by atoms with Crippen LogP contribution < -0.4 is 0 Å². The summed E-state index contributed by atoms with van der Waals surface area (Å²) in [6.07, 6.45) is 0.219. The largest absolute Gasteiger partial charge is 0.244 e. The van der Waals surface area contributed by atoms with Gasteiger partial charge in [-0.15, -0.1) is 0 Å². The lowest BCUT2D eigenvalue weighted by Gasteiger charge is -2.17. The average molecular weight is 353 g/mol.